The molecule has 100 valence electrons. The normalized spacial score (nSPS) is 10.5. The number of carbonyl (C=O) groups is 2. The van der Waals surface area contributed by atoms with Crippen LogP contribution in [0.3, 0.4) is 0 Å². The number of hydrogen-bond donors (Lipinski definition) is 2. The summed E-state index contributed by atoms with van der Waals surface area (Å²) in [6.45, 7) is 4.84. The summed E-state index contributed by atoms with van der Waals surface area (Å²) in [6.07, 6.45) is 3.80. The highest BCUT2D eigenvalue weighted by Gasteiger charge is 2.02. The van der Waals surface area contributed by atoms with Gasteiger partial charge >= 0.3 is 5.97 Å². The van der Waals surface area contributed by atoms with Crippen LogP contribution in [0.1, 0.15) is 46.0 Å². The molecule has 0 radical (unpaired) electrons. The third-order valence-corrected chi connectivity index (χ3v) is 3.28. The standard InChI is InChI=1S/C12H23NO3S/c1-10(2)17-9-11(14)13-8-6-4-3-5-7-12(15)16/h10H,3-9H2,1-2H3,(H,13,14)(H,15,16). The fourth-order valence-corrected chi connectivity index (χ4v) is 1.86. The van der Waals surface area contributed by atoms with Crippen molar-refractivity contribution in [2.24, 2.45) is 0 Å². The number of carboxylic acids is 1. The molecule has 2 N–H and O–H groups in total. The lowest BCUT2D eigenvalue weighted by Crippen LogP contribution is -2.26. The zero-order valence-corrected chi connectivity index (χ0v) is 11.5. The first-order valence-electron chi connectivity index (χ1n) is 6.12. The molecule has 4 nitrogen and oxygen atoms in total. The van der Waals surface area contributed by atoms with Gasteiger partial charge in [-0.1, -0.05) is 26.7 Å². The lowest BCUT2D eigenvalue weighted by atomic mass is 10.1. The Morgan fingerprint density at radius 2 is 1.82 bits per heavy atom. The first-order chi connectivity index (χ1) is 8.02. The average molecular weight is 261 g/mol. The summed E-state index contributed by atoms with van der Waals surface area (Å²) in [6, 6.07) is 0. The van der Waals surface area contributed by atoms with Crippen LogP contribution in [0.2, 0.25) is 0 Å². The van der Waals surface area contributed by atoms with E-state index in [4.69, 9.17) is 5.11 Å². The minimum Gasteiger partial charge on any atom is -0.481 e. The van der Waals surface area contributed by atoms with Gasteiger partial charge in [-0.15, -0.1) is 11.8 Å². The van der Waals surface area contributed by atoms with Crippen molar-refractivity contribution in [2.75, 3.05) is 12.3 Å². The molecule has 0 spiro atoms. The SMILES string of the molecule is CC(C)SCC(=O)NCCCCCCC(=O)O. The molecule has 17 heavy (non-hydrogen) atoms. The zero-order chi connectivity index (χ0) is 13.1. The van der Waals surface area contributed by atoms with E-state index in [9.17, 15) is 9.59 Å². The number of aliphatic carboxylic acids is 1. The molecule has 0 aliphatic carbocycles. The molecular formula is C12H23NO3S. The van der Waals surface area contributed by atoms with Crippen LogP contribution in [0, 0.1) is 0 Å². The van der Waals surface area contributed by atoms with E-state index in [0.29, 0.717) is 17.5 Å². The molecule has 0 rings (SSSR count). The molecule has 1 amide bonds. The number of thioether (sulfide) groups is 1. The van der Waals surface area contributed by atoms with Gasteiger partial charge in [0.25, 0.3) is 0 Å². The Morgan fingerprint density at radius 1 is 1.18 bits per heavy atom. The Labute approximate surface area is 108 Å². The smallest absolute Gasteiger partial charge is 0.303 e. The van der Waals surface area contributed by atoms with Gasteiger partial charge in [-0.3, -0.25) is 9.59 Å². The second-order valence-corrected chi connectivity index (χ2v) is 5.83. The molecule has 0 aliphatic rings. The highest BCUT2D eigenvalue weighted by atomic mass is 32.2. The van der Waals surface area contributed by atoms with E-state index in [1.807, 2.05) is 0 Å². The van der Waals surface area contributed by atoms with Gasteiger partial charge in [0, 0.05) is 13.0 Å². The van der Waals surface area contributed by atoms with Gasteiger partial charge in [0.1, 0.15) is 0 Å². The summed E-state index contributed by atoms with van der Waals surface area (Å²) in [4.78, 5) is 21.6. The molecule has 0 fully saturated rings. The van der Waals surface area contributed by atoms with Gasteiger partial charge in [-0.2, -0.15) is 0 Å². The maximum absolute atomic E-state index is 11.3. The van der Waals surface area contributed by atoms with E-state index in [-0.39, 0.29) is 12.3 Å². The summed E-state index contributed by atoms with van der Waals surface area (Å²) >= 11 is 1.64. The third kappa shape index (κ3) is 13.2. The topological polar surface area (TPSA) is 66.4 Å². The summed E-state index contributed by atoms with van der Waals surface area (Å²) in [7, 11) is 0. The highest BCUT2D eigenvalue weighted by Crippen LogP contribution is 2.07. The number of carboxylic acid groups (broad SMARTS) is 1. The fourth-order valence-electron chi connectivity index (χ4n) is 1.28. The molecule has 0 aliphatic heterocycles. The Morgan fingerprint density at radius 3 is 2.41 bits per heavy atom. The van der Waals surface area contributed by atoms with Gasteiger partial charge in [0.2, 0.25) is 5.91 Å². The molecular weight excluding hydrogens is 238 g/mol. The van der Waals surface area contributed by atoms with Crippen molar-refractivity contribution < 1.29 is 14.7 Å². The van der Waals surface area contributed by atoms with Gasteiger partial charge in [0.05, 0.1) is 5.75 Å². The van der Waals surface area contributed by atoms with Crippen LogP contribution >= 0.6 is 11.8 Å². The number of unbranched alkanes of at least 4 members (excludes halogenated alkanes) is 3. The molecule has 0 atom stereocenters. The maximum atomic E-state index is 11.3. The number of nitrogens with one attached hydrogen (secondary N) is 1. The van der Waals surface area contributed by atoms with Crippen LogP contribution in [0.5, 0.6) is 0 Å². The molecule has 0 bridgehead atoms. The van der Waals surface area contributed by atoms with E-state index in [0.717, 1.165) is 25.7 Å². The van der Waals surface area contributed by atoms with Gasteiger partial charge < -0.3 is 10.4 Å². The predicted octanol–water partition coefficient (Wildman–Crippen LogP) is 2.28. The van der Waals surface area contributed by atoms with E-state index >= 15 is 0 Å². The van der Waals surface area contributed by atoms with E-state index in [1.54, 1.807) is 11.8 Å². The van der Waals surface area contributed by atoms with Crippen molar-refractivity contribution in [3.63, 3.8) is 0 Å². The van der Waals surface area contributed by atoms with Crippen molar-refractivity contribution in [1.29, 1.82) is 0 Å². The monoisotopic (exact) mass is 261 g/mol. The summed E-state index contributed by atoms with van der Waals surface area (Å²) < 4.78 is 0. The molecule has 0 saturated heterocycles. The zero-order valence-electron chi connectivity index (χ0n) is 10.7. The van der Waals surface area contributed by atoms with E-state index in [2.05, 4.69) is 19.2 Å². The van der Waals surface area contributed by atoms with Crippen molar-refractivity contribution in [3.05, 3.63) is 0 Å². The average Bonchev–Trinajstić information content (AvgIpc) is 2.24. The van der Waals surface area contributed by atoms with Gasteiger partial charge in [0.15, 0.2) is 0 Å². The Bertz CT molecular complexity index is 232. The van der Waals surface area contributed by atoms with Crippen LogP contribution in [0.25, 0.3) is 0 Å². The third-order valence-electron chi connectivity index (χ3n) is 2.19. The van der Waals surface area contributed by atoms with Gasteiger partial charge in [-0.05, 0) is 18.1 Å². The van der Waals surface area contributed by atoms with Crippen LogP contribution in [-0.4, -0.2) is 34.5 Å². The van der Waals surface area contributed by atoms with Crippen molar-refractivity contribution in [3.8, 4) is 0 Å². The maximum Gasteiger partial charge on any atom is 0.303 e. The first-order valence-corrected chi connectivity index (χ1v) is 7.17. The minimum atomic E-state index is -0.732. The Balaban J connectivity index is 3.22. The summed E-state index contributed by atoms with van der Waals surface area (Å²) in [5.41, 5.74) is 0. The molecule has 0 aromatic carbocycles. The Kier molecular flexibility index (Phi) is 10.0. The lowest BCUT2D eigenvalue weighted by molar-refractivity contribution is -0.137. The summed E-state index contributed by atoms with van der Waals surface area (Å²) in [5, 5.41) is 11.8. The second kappa shape index (κ2) is 10.4. The fraction of sp³-hybridized carbons (Fsp3) is 0.833. The molecule has 0 aromatic heterocycles. The van der Waals surface area contributed by atoms with Crippen molar-refractivity contribution in [2.45, 2.75) is 51.2 Å². The van der Waals surface area contributed by atoms with E-state index in [1.165, 1.54) is 0 Å². The van der Waals surface area contributed by atoms with Crippen LogP contribution < -0.4 is 5.32 Å². The summed E-state index contributed by atoms with van der Waals surface area (Å²) in [5.74, 6) is -0.116. The van der Waals surface area contributed by atoms with Crippen LogP contribution in [-0.2, 0) is 9.59 Å². The van der Waals surface area contributed by atoms with Crippen LogP contribution in [0.4, 0.5) is 0 Å². The van der Waals surface area contributed by atoms with Crippen molar-refractivity contribution >= 4 is 23.6 Å². The van der Waals surface area contributed by atoms with Gasteiger partial charge in [-0.25, -0.2) is 0 Å². The van der Waals surface area contributed by atoms with Crippen molar-refractivity contribution in [1.82, 2.24) is 5.32 Å². The molecule has 5 heteroatoms. The lowest BCUT2D eigenvalue weighted by Gasteiger charge is -2.06. The number of rotatable bonds is 10. The molecule has 0 heterocycles. The van der Waals surface area contributed by atoms with E-state index < -0.39 is 5.97 Å². The minimum absolute atomic E-state index is 0.0919. The Hall–Kier alpha value is -0.710. The predicted molar refractivity (Wildman–Crippen MR) is 71.3 cm³/mol. The number of hydrogen-bond acceptors (Lipinski definition) is 3. The second-order valence-electron chi connectivity index (χ2n) is 4.27. The number of amides is 1. The molecule has 0 saturated carbocycles. The van der Waals surface area contributed by atoms with Crippen LogP contribution in [0.15, 0.2) is 0 Å². The quantitative estimate of drug-likeness (QED) is 0.592. The number of carbonyl (C=O) groups excluding carboxylic acids is 1. The molecule has 0 aromatic rings. The highest BCUT2D eigenvalue weighted by molar-refractivity contribution is 8.00. The first kappa shape index (κ1) is 16.3. The molecule has 0 unspecified atom stereocenters. The largest absolute Gasteiger partial charge is 0.481 e.